The Morgan fingerprint density at radius 3 is 2.70 bits per heavy atom. The summed E-state index contributed by atoms with van der Waals surface area (Å²) in [5, 5.41) is 4.34. The van der Waals surface area contributed by atoms with E-state index >= 15 is 0 Å². The fourth-order valence-corrected chi connectivity index (χ4v) is 4.90. The van der Waals surface area contributed by atoms with Crippen LogP contribution in [0.2, 0.25) is 0 Å². The minimum Gasteiger partial charge on any atom is -0.348 e. The van der Waals surface area contributed by atoms with Crippen molar-refractivity contribution in [2.45, 2.75) is 58.5 Å². The number of aromatic amines is 1. The largest absolute Gasteiger partial charge is 0.348 e. The quantitative estimate of drug-likeness (QED) is 0.897. The molecule has 4 heterocycles. The summed E-state index contributed by atoms with van der Waals surface area (Å²) < 4.78 is 1.89. The lowest BCUT2D eigenvalue weighted by Gasteiger charge is -2.50. The van der Waals surface area contributed by atoms with Gasteiger partial charge in [0.2, 0.25) is 0 Å². The van der Waals surface area contributed by atoms with Gasteiger partial charge >= 0.3 is 0 Å². The summed E-state index contributed by atoms with van der Waals surface area (Å²) >= 11 is 0. The van der Waals surface area contributed by atoms with Gasteiger partial charge in [-0.25, -0.2) is 4.98 Å². The number of nitrogens with zero attached hydrogens (tertiary/aromatic N) is 5. The van der Waals surface area contributed by atoms with Crippen LogP contribution in [0.15, 0.2) is 12.5 Å². The molecule has 1 N–H and O–H groups in total. The number of hydrogen-bond acceptors (Lipinski definition) is 4. The second-order valence-electron chi connectivity index (χ2n) is 7.75. The molecule has 0 aromatic carbocycles. The van der Waals surface area contributed by atoms with E-state index in [0.29, 0.717) is 0 Å². The molecule has 7 nitrogen and oxygen atoms in total. The van der Waals surface area contributed by atoms with Gasteiger partial charge in [-0.2, -0.15) is 5.10 Å². The van der Waals surface area contributed by atoms with Crippen LogP contribution in [0, 0.1) is 6.92 Å². The van der Waals surface area contributed by atoms with E-state index in [1.165, 1.54) is 11.4 Å². The minimum absolute atomic E-state index is 0.0248. The maximum Gasteiger partial charge on any atom is 0.257 e. The Morgan fingerprint density at radius 2 is 2.04 bits per heavy atom. The van der Waals surface area contributed by atoms with Gasteiger partial charge in [0.25, 0.3) is 5.91 Å². The topological polar surface area (TPSA) is 70.1 Å². The molecule has 1 spiro atoms. The first kappa shape index (κ1) is 18.2. The monoisotopic (exact) mass is 370 g/mol. The lowest BCUT2D eigenvalue weighted by Crippen LogP contribution is -2.57. The molecule has 0 radical (unpaired) electrons. The lowest BCUT2D eigenvalue weighted by molar-refractivity contribution is 0.00706. The van der Waals surface area contributed by atoms with Crippen LogP contribution in [0.3, 0.4) is 0 Å². The van der Waals surface area contributed by atoms with Crippen molar-refractivity contribution in [3.05, 3.63) is 35.2 Å². The number of imidazole rings is 1. The van der Waals surface area contributed by atoms with Crippen LogP contribution >= 0.6 is 0 Å². The minimum atomic E-state index is -0.0248. The third-order valence-corrected chi connectivity index (χ3v) is 6.40. The first-order valence-corrected chi connectivity index (χ1v) is 10.2. The average Bonchev–Trinajstić information content (AvgIpc) is 3.31. The number of H-pyrrole nitrogens is 1. The Labute approximate surface area is 160 Å². The number of nitrogens with one attached hydrogen (secondary N) is 1. The predicted molar refractivity (Wildman–Crippen MR) is 104 cm³/mol. The summed E-state index contributed by atoms with van der Waals surface area (Å²) in [6.07, 6.45) is 7.62. The predicted octanol–water partition coefficient (Wildman–Crippen LogP) is 2.33. The van der Waals surface area contributed by atoms with Crippen LogP contribution in [0.4, 0.5) is 0 Å². The third kappa shape index (κ3) is 2.88. The highest BCUT2D eigenvalue weighted by Crippen LogP contribution is 2.42. The SMILES string of the molecule is CCCN1CCc2[nH]cnc2C12CCN(C(=O)c1cnn(CC)c1C)CC2. The zero-order valence-electron chi connectivity index (χ0n) is 16.7. The number of likely N-dealkylation sites (tertiary alicyclic amines) is 1. The summed E-state index contributed by atoms with van der Waals surface area (Å²) in [6, 6.07) is 0. The molecule has 146 valence electrons. The molecule has 0 saturated carbocycles. The summed E-state index contributed by atoms with van der Waals surface area (Å²) in [5.74, 6) is 0.113. The van der Waals surface area contributed by atoms with Crippen molar-refractivity contribution < 1.29 is 4.79 Å². The summed E-state index contributed by atoms with van der Waals surface area (Å²) in [4.78, 5) is 25.7. The fraction of sp³-hybridized carbons (Fsp3) is 0.650. The second kappa shape index (κ2) is 7.11. The van der Waals surface area contributed by atoms with Gasteiger partial charge in [-0.15, -0.1) is 0 Å². The van der Waals surface area contributed by atoms with Gasteiger partial charge in [0.05, 0.1) is 29.3 Å². The molecule has 2 aliphatic rings. The molecular formula is C20H30N6O. The molecule has 0 unspecified atom stereocenters. The van der Waals surface area contributed by atoms with Gasteiger partial charge in [-0.1, -0.05) is 6.92 Å². The van der Waals surface area contributed by atoms with Gasteiger partial charge in [0, 0.05) is 44.0 Å². The molecular weight excluding hydrogens is 340 g/mol. The average molecular weight is 371 g/mol. The Kier molecular flexibility index (Phi) is 4.80. The number of amides is 1. The molecule has 0 atom stereocenters. The summed E-state index contributed by atoms with van der Waals surface area (Å²) in [7, 11) is 0. The molecule has 1 fully saturated rings. The Bertz CT molecular complexity index is 814. The van der Waals surface area contributed by atoms with Crippen molar-refractivity contribution in [3.8, 4) is 0 Å². The van der Waals surface area contributed by atoms with Crippen LogP contribution in [0.25, 0.3) is 0 Å². The van der Waals surface area contributed by atoms with Gasteiger partial charge in [-0.05, 0) is 39.7 Å². The molecule has 4 rings (SSSR count). The summed E-state index contributed by atoms with van der Waals surface area (Å²) in [6.45, 7) is 10.7. The number of carbonyl (C=O) groups excluding carboxylic acids is 1. The van der Waals surface area contributed by atoms with E-state index in [4.69, 9.17) is 4.98 Å². The van der Waals surface area contributed by atoms with Crippen LogP contribution in [0.5, 0.6) is 0 Å². The number of rotatable bonds is 4. The highest BCUT2D eigenvalue weighted by atomic mass is 16.2. The van der Waals surface area contributed by atoms with Crippen molar-refractivity contribution in [1.29, 1.82) is 0 Å². The maximum atomic E-state index is 13.1. The molecule has 7 heteroatoms. The molecule has 0 bridgehead atoms. The van der Waals surface area contributed by atoms with Gasteiger partial charge < -0.3 is 9.88 Å². The van der Waals surface area contributed by atoms with Crippen molar-refractivity contribution in [2.75, 3.05) is 26.2 Å². The van der Waals surface area contributed by atoms with Gasteiger partial charge in [0.15, 0.2) is 0 Å². The number of aromatic nitrogens is 4. The molecule has 2 aromatic rings. The van der Waals surface area contributed by atoms with E-state index in [1.807, 2.05) is 29.8 Å². The Hall–Kier alpha value is -2.15. The normalized spacial score (nSPS) is 19.4. The first-order valence-electron chi connectivity index (χ1n) is 10.2. The number of piperidine rings is 1. The van der Waals surface area contributed by atoms with E-state index in [-0.39, 0.29) is 11.4 Å². The number of aryl methyl sites for hydroxylation is 1. The van der Waals surface area contributed by atoms with Crippen molar-refractivity contribution in [2.24, 2.45) is 0 Å². The van der Waals surface area contributed by atoms with E-state index in [2.05, 4.69) is 21.9 Å². The first-order chi connectivity index (χ1) is 13.1. The third-order valence-electron chi connectivity index (χ3n) is 6.40. The Balaban J connectivity index is 1.55. The van der Waals surface area contributed by atoms with Crippen molar-refractivity contribution >= 4 is 5.91 Å². The number of fused-ring (bicyclic) bond motifs is 2. The fourth-order valence-electron chi connectivity index (χ4n) is 4.90. The zero-order valence-corrected chi connectivity index (χ0v) is 16.7. The van der Waals surface area contributed by atoms with Crippen LogP contribution < -0.4 is 0 Å². The zero-order chi connectivity index (χ0) is 19.0. The lowest BCUT2D eigenvalue weighted by atomic mass is 9.78. The second-order valence-corrected chi connectivity index (χ2v) is 7.75. The molecule has 1 amide bonds. The maximum absolute atomic E-state index is 13.1. The molecule has 2 aliphatic heterocycles. The smallest absolute Gasteiger partial charge is 0.257 e. The summed E-state index contributed by atoms with van der Waals surface area (Å²) in [5.41, 5.74) is 4.17. The molecule has 1 saturated heterocycles. The molecule has 27 heavy (non-hydrogen) atoms. The highest BCUT2D eigenvalue weighted by molar-refractivity contribution is 5.95. The van der Waals surface area contributed by atoms with Crippen LogP contribution in [0.1, 0.15) is 60.5 Å². The highest BCUT2D eigenvalue weighted by Gasteiger charge is 2.46. The van der Waals surface area contributed by atoms with Crippen LogP contribution in [-0.2, 0) is 18.5 Å². The Morgan fingerprint density at radius 1 is 1.26 bits per heavy atom. The van der Waals surface area contributed by atoms with E-state index in [1.54, 1.807) is 6.20 Å². The molecule has 0 aliphatic carbocycles. The van der Waals surface area contributed by atoms with Crippen molar-refractivity contribution in [3.63, 3.8) is 0 Å². The number of carbonyl (C=O) groups is 1. The molecule has 2 aromatic heterocycles. The number of hydrogen-bond donors (Lipinski definition) is 1. The van der Waals surface area contributed by atoms with E-state index < -0.39 is 0 Å². The van der Waals surface area contributed by atoms with E-state index in [0.717, 1.165) is 69.7 Å². The van der Waals surface area contributed by atoms with Crippen LogP contribution in [-0.4, -0.2) is 61.6 Å². The standard InChI is InChI=1S/C20H30N6O/c1-4-9-25-10-6-17-18(22-14-21-17)20(25)7-11-24(12-8-20)19(27)16-13-23-26(5-2)15(16)3/h13-14H,4-12H2,1-3H3,(H,21,22). The van der Waals surface area contributed by atoms with Gasteiger partial charge in [-0.3, -0.25) is 14.4 Å². The van der Waals surface area contributed by atoms with E-state index in [9.17, 15) is 4.79 Å². The van der Waals surface area contributed by atoms with Crippen molar-refractivity contribution in [1.82, 2.24) is 29.5 Å². The van der Waals surface area contributed by atoms with Gasteiger partial charge in [0.1, 0.15) is 0 Å².